The number of carbonyl (C=O) groups excluding carboxylic acids is 2. The Bertz CT molecular complexity index is 917. The van der Waals surface area contributed by atoms with Crippen LogP contribution in [0.2, 0.25) is 0 Å². The predicted octanol–water partition coefficient (Wildman–Crippen LogP) is 2.93. The Labute approximate surface area is 207 Å². The summed E-state index contributed by atoms with van der Waals surface area (Å²) in [6.07, 6.45) is 7.63. The number of aliphatic hydroxyl groups is 1. The molecule has 1 saturated carbocycles. The second-order valence-electron chi connectivity index (χ2n) is 10.7. The van der Waals surface area contributed by atoms with Gasteiger partial charge in [0.15, 0.2) is 0 Å². The smallest absolute Gasteiger partial charge is 0.335 e. The monoisotopic (exact) mass is 485 g/mol. The summed E-state index contributed by atoms with van der Waals surface area (Å²) in [6.45, 7) is 4.68. The number of hydrogen-bond acceptors (Lipinski definition) is 5. The molecule has 2 saturated heterocycles. The van der Waals surface area contributed by atoms with Gasteiger partial charge in [-0.1, -0.05) is 44.7 Å². The molecule has 1 atom stereocenters. The van der Waals surface area contributed by atoms with E-state index in [1.54, 1.807) is 12.1 Å². The number of nitrogens with zero attached hydrogens (tertiary/aromatic N) is 2. The quantitative estimate of drug-likeness (QED) is 0.522. The van der Waals surface area contributed by atoms with E-state index < -0.39 is 23.2 Å². The predicted molar refractivity (Wildman–Crippen MR) is 132 cm³/mol. The number of rotatable bonds is 8. The van der Waals surface area contributed by atoms with Crippen LogP contribution >= 0.6 is 0 Å². The number of carboxylic acids is 1. The summed E-state index contributed by atoms with van der Waals surface area (Å²) in [4.78, 5) is 42.4. The number of unbranched alkanes of at least 4 members (excludes halogenated alkanes) is 1. The lowest BCUT2D eigenvalue weighted by molar-refractivity contribution is -0.163. The molecule has 8 heteroatoms. The van der Waals surface area contributed by atoms with Gasteiger partial charge in [-0.15, -0.1) is 0 Å². The molecule has 0 aromatic heterocycles. The van der Waals surface area contributed by atoms with Gasteiger partial charge in [0.05, 0.1) is 11.2 Å². The molecule has 1 spiro atoms. The number of carboxylic acid groups (broad SMARTS) is 1. The first kappa shape index (κ1) is 25.6. The molecule has 0 bridgehead atoms. The van der Waals surface area contributed by atoms with Crippen molar-refractivity contribution in [2.45, 2.75) is 94.9 Å². The zero-order chi connectivity index (χ0) is 25.1. The van der Waals surface area contributed by atoms with Crippen molar-refractivity contribution in [2.75, 3.05) is 19.6 Å². The lowest BCUT2D eigenvalue weighted by atomic mass is 9.77. The molecule has 0 unspecified atom stereocenters. The molecule has 1 aliphatic carbocycles. The maximum atomic E-state index is 13.7. The molecule has 3 fully saturated rings. The molecule has 2 amide bonds. The molecular weight excluding hydrogens is 446 g/mol. The molecule has 2 heterocycles. The van der Waals surface area contributed by atoms with Gasteiger partial charge in [-0.2, -0.15) is 0 Å². The highest BCUT2D eigenvalue weighted by molar-refractivity contribution is 6.00. The fraction of sp³-hybridized carbons (Fsp3) is 0.667. The van der Waals surface area contributed by atoms with Crippen molar-refractivity contribution >= 4 is 17.8 Å². The third-order valence-electron chi connectivity index (χ3n) is 8.20. The number of piperidine rings is 1. The largest absolute Gasteiger partial charge is 0.478 e. The molecule has 3 N–H and O–H groups in total. The normalized spacial score (nSPS) is 24.4. The van der Waals surface area contributed by atoms with Crippen LogP contribution in [0.15, 0.2) is 24.3 Å². The standard InChI is InChI=1S/C27H39N3O5/c1-2-3-15-30-23(31)22(18-26(35)11-5-4-6-12-26)28-25(34)27(30)13-16-29(17-14-27)19-20-7-9-21(10-8-20)24(32)33/h7-10,22,35H,2-6,11-19H2,1H3,(H,28,34)(H,32,33)/t22-/m1/s1. The van der Waals surface area contributed by atoms with Gasteiger partial charge in [0, 0.05) is 32.6 Å². The summed E-state index contributed by atoms with van der Waals surface area (Å²) in [6, 6.07) is 6.24. The third kappa shape index (κ3) is 5.54. The average molecular weight is 486 g/mol. The molecule has 4 rings (SSSR count). The van der Waals surface area contributed by atoms with Crippen molar-refractivity contribution < 1.29 is 24.6 Å². The summed E-state index contributed by atoms with van der Waals surface area (Å²) >= 11 is 0. The first-order valence-corrected chi connectivity index (χ1v) is 13.2. The van der Waals surface area contributed by atoms with Crippen LogP contribution in [0.3, 0.4) is 0 Å². The minimum Gasteiger partial charge on any atom is -0.478 e. The van der Waals surface area contributed by atoms with Crippen LogP contribution in [-0.4, -0.2) is 74.6 Å². The topological polar surface area (TPSA) is 110 Å². The number of likely N-dealkylation sites (tertiary alicyclic amines) is 1. The Hall–Kier alpha value is -2.45. The Morgan fingerprint density at radius 3 is 2.31 bits per heavy atom. The van der Waals surface area contributed by atoms with Crippen LogP contribution in [0.5, 0.6) is 0 Å². The summed E-state index contributed by atoms with van der Waals surface area (Å²) in [5, 5.41) is 23.2. The zero-order valence-electron chi connectivity index (χ0n) is 20.8. The molecule has 1 aromatic carbocycles. The van der Waals surface area contributed by atoms with Gasteiger partial charge < -0.3 is 20.4 Å². The number of piperazine rings is 1. The first-order valence-electron chi connectivity index (χ1n) is 13.2. The second-order valence-corrected chi connectivity index (χ2v) is 10.7. The van der Waals surface area contributed by atoms with E-state index in [-0.39, 0.29) is 17.4 Å². The number of aromatic carboxylic acids is 1. The molecule has 2 aliphatic heterocycles. The molecule has 1 aromatic rings. The number of nitrogens with one attached hydrogen (secondary N) is 1. The van der Waals surface area contributed by atoms with Crippen molar-refractivity contribution in [2.24, 2.45) is 0 Å². The Balaban J connectivity index is 1.44. The van der Waals surface area contributed by atoms with Gasteiger partial charge in [0.25, 0.3) is 0 Å². The van der Waals surface area contributed by atoms with Crippen LogP contribution in [0.25, 0.3) is 0 Å². The highest BCUT2D eigenvalue weighted by Gasteiger charge is 2.54. The van der Waals surface area contributed by atoms with Gasteiger partial charge in [0.2, 0.25) is 11.8 Å². The second kappa shape index (κ2) is 10.7. The lowest BCUT2D eigenvalue weighted by Gasteiger charge is -2.52. The van der Waals surface area contributed by atoms with E-state index in [2.05, 4.69) is 17.1 Å². The van der Waals surface area contributed by atoms with Crippen molar-refractivity contribution in [1.29, 1.82) is 0 Å². The molecule has 8 nitrogen and oxygen atoms in total. The Morgan fingerprint density at radius 2 is 1.71 bits per heavy atom. The van der Waals surface area contributed by atoms with Crippen molar-refractivity contribution in [3.63, 3.8) is 0 Å². The van der Waals surface area contributed by atoms with Crippen LogP contribution in [0.1, 0.15) is 87.1 Å². The number of benzene rings is 1. The van der Waals surface area contributed by atoms with Gasteiger partial charge in [-0.25, -0.2) is 4.79 Å². The third-order valence-corrected chi connectivity index (χ3v) is 8.20. The summed E-state index contributed by atoms with van der Waals surface area (Å²) in [7, 11) is 0. The van der Waals surface area contributed by atoms with Gasteiger partial charge in [-0.05, 0) is 49.8 Å². The maximum absolute atomic E-state index is 13.7. The Kier molecular flexibility index (Phi) is 7.81. The highest BCUT2D eigenvalue weighted by atomic mass is 16.4. The van der Waals surface area contributed by atoms with Crippen molar-refractivity contribution in [3.05, 3.63) is 35.4 Å². The number of carbonyl (C=O) groups is 3. The Morgan fingerprint density at radius 1 is 1.06 bits per heavy atom. The van der Waals surface area contributed by atoms with Gasteiger partial charge >= 0.3 is 5.97 Å². The summed E-state index contributed by atoms with van der Waals surface area (Å²) in [5.41, 5.74) is -0.407. The van der Waals surface area contributed by atoms with Crippen molar-refractivity contribution in [1.82, 2.24) is 15.1 Å². The van der Waals surface area contributed by atoms with Crippen LogP contribution in [-0.2, 0) is 16.1 Å². The van der Waals surface area contributed by atoms with E-state index in [0.717, 1.165) is 37.7 Å². The number of hydrogen-bond donors (Lipinski definition) is 3. The number of amides is 2. The van der Waals surface area contributed by atoms with E-state index in [1.807, 2.05) is 17.0 Å². The maximum Gasteiger partial charge on any atom is 0.335 e. The fourth-order valence-electron chi connectivity index (χ4n) is 6.04. The molecular formula is C27H39N3O5. The zero-order valence-corrected chi connectivity index (χ0v) is 20.8. The summed E-state index contributed by atoms with van der Waals surface area (Å²) < 4.78 is 0. The molecule has 35 heavy (non-hydrogen) atoms. The minimum absolute atomic E-state index is 0.0465. The first-order chi connectivity index (χ1) is 16.8. The van der Waals surface area contributed by atoms with E-state index in [1.165, 1.54) is 0 Å². The SMILES string of the molecule is CCCCN1C(=O)[C@@H](CC2(O)CCCCC2)NC(=O)C12CCN(Cc1ccc(C(=O)O)cc1)CC2. The van der Waals surface area contributed by atoms with E-state index in [9.17, 15) is 19.5 Å². The van der Waals surface area contributed by atoms with Gasteiger partial charge in [0.1, 0.15) is 11.6 Å². The fourth-order valence-corrected chi connectivity index (χ4v) is 6.04. The minimum atomic E-state index is -0.939. The van der Waals surface area contributed by atoms with E-state index in [0.29, 0.717) is 58.3 Å². The van der Waals surface area contributed by atoms with Crippen LogP contribution < -0.4 is 5.32 Å². The molecule has 192 valence electrons. The van der Waals surface area contributed by atoms with Crippen molar-refractivity contribution in [3.8, 4) is 0 Å². The highest BCUT2D eigenvalue weighted by Crippen LogP contribution is 2.37. The lowest BCUT2D eigenvalue weighted by Crippen LogP contribution is -2.73. The summed E-state index contributed by atoms with van der Waals surface area (Å²) in [5.74, 6) is -1.07. The average Bonchev–Trinajstić information content (AvgIpc) is 2.84. The molecule has 3 aliphatic rings. The van der Waals surface area contributed by atoms with E-state index in [4.69, 9.17) is 5.11 Å². The van der Waals surface area contributed by atoms with Crippen LogP contribution in [0, 0.1) is 0 Å². The molecule has 0 radical (unpaired) electrons. The van der Waals surface area contributed by atoms with Crippen LogP contribution in [0.4, 0.5) is 0 Å². The van der Waals surface area contributed by atoms with E-state index >= 15 is 0 Å². The van der Waals surface area contributed by atoms with Gasteiger partial charge in [-0.3, -0.25) is 14.5 Å².